The lowest BCUT2D eigenvalue weighted by atomic mass is 10.1. The number of aromatic nitrogens is 3. The number of hydrogen-bond acceptors (Lipinski definition) is 5. The first-order chi connectivity index (χ1) is 14.2. The topological polar surface area (TPSA) is 65.8 Å². The first kappa shape index (κ1) is 19.4. The van der Waals surface area contributed by atoms with Crippen LogP contribution in [0.4, 0.5) is 5.82 Å². The fourth-order valence-electron chi connectivity index (χ4n) is 3.75. The maximum absolute atomic E-state index is 12.6. The third-order valence-electron chi connectivity index (χ3n) is 5.56. The van der Waals surface area contributed by atoms with Crippen LogP contribution in [-0.2, 0) is 4.79 Å². The molecule has 1 N–H and O–H groups in total. The molecule has 29 heavy (non-hydrogen) atoms. The van der Waals surface area contributed by atoms with Gasteiger partial charge in [0.25, 0.3) is 0 Å². The molecule has 4 rings (SSSR count). The number of nitrogens with one attached hydrogen (secondary N) is 1. The van der Waals surface area contributed by atoms with Gasteiger partial charge in [-0.25, -0.2) is 4.98 Å². The lowest BCUT2D eigenvalue weighted by Gasteiger charge is -2.34. The standard InChI is InChI=1S/C22H28N6O/c1-3-26-12-14-27(15-13-26)20(29)8-9-24-22-21(18-6-4-17(2)5-7-18)25-19-16-23-10-11-28(19)22/h4-7,10-11,16,24H,3,8-9,12-15H2,1-2H3. The maximum Gasteiger partial charge on any atom is 0.224 e. The summed E-state index contributed by atoms with van der Waals surface area (Å²) in [5, 5.41) is 3.45. The number of amides is 1. The molecule has 3 heterocycles. The number of piperazine rings is 1. The Labute approximate surface area is 171 Å². The molecule has 7 nitrogen and oxygen atoms in total. The molecular formula is C22H28N6O. The van der Waals surface area contributed by atoms with Gasteiger partial charge < -0.3 is 15.1 Å². The maximum atomic E-state index is 12.6. The molecule has 0 saturated carbocycles. The molecule has 1 amide bonds. The zero-order chi connectivity index (χ0) is 20.2. The van der Waals surface area contributed by atoms with Crippen LogP contribution in [0.2, 0.25) is 0 Å². The summed E-state index contributed by atoms with van der Waals surface area (Å²) in [4.78, 5) is 25.9. The average Bonchev–Trinajstić information content (AvgIpc) is 3.13. The molecule has 1 aromatic carbocycles. The van der Waals surface area contributed by atoms with Gasteiger partial charge in [0.15, 0.2) is 5.65 Å². The predicted octanol–water partition coefficient (Wildman–Crippen LogP) is 2.67. The van der Waals surface area contributed by atoms with Crippen LogP contribution in [0.15, 0.2) is 42.9 Å². The number of benzene rings is 1. The highest BCUT2D eigenvalue weighted by Gasteiger charge is 2.20. The molecule has 0 radical (unpaired) electrons. The third-order valence-corrected chi connectivity index (χ3v) is 5.56. The summed E-state index contributed by atoms with van der Waals surface area (Å²) < 4.78 is 1.99. The minimum Gasteiger partial charge on any atom is -0.369 e. The Morgan fingerprint density at radius 3 is 2.62 bits per heavy atom. The molecule has 1 aliphatic heterocycles. The van der Waals surface area contributed by atoms with Gasteiger partial charge in [-0.2, -0.15) is 0 Å². The van der Waals surface area contributed by atoms with Crippen molar-refractivity contribution in [2.45, 2.75) is 20.3 Å². The Balaban J connectivity index is 1.47. The largest absolute Gasteiger partial charge is 0.369 e. The second kappa shape index (κ2) is 8.61. The molecule has 152 valence electrons. The van der Waals surface area contributed by atoms with Crippen LogP contribution in [0, 0.1) is 6.92 Å². The van der Waals surface area contributed by atoms with Crippen LogP contribution in [-0.4, -0.2) is 69.3 Å². The van der Waals surface area contributed by atoms with Gasteiger partial charge >= 0.3 is 0 Å². The van der Waals surface area contributed by atoms with E-state index in [1.807, 2.05) is 15.5 Å². The highest BCUT2D eigenvalue weighted by Crippen LogP contribution is 2.28. The first-order valence-electron chi connectivity index (χ1n) is 10.3. The lowest BCUT2D eigenvalue weighted by molar-refractivity contribution is -0.132. The minimum absolute atomic E-state index is 0.209. The summed E-state index contributed by atoms with van der Waals surface area (Å²) in [7, 11) is 0. The molecule has 2 aromatic heterocycles. The van der Waals surface area contributed by atoms with Crippen molar-refractivity contribution in [3.8, 4) is 11.3 Å². The number of nitrogens with zero attached hydrogens (tertiary/aromatic N) is 5. The van der Waals surface area contributed by atoms with E-state index < -0.39 is 0 Å². The van der Waals surface area contributed by atoms with E-state index in [-0.39, 0.29) is 5.91 Å². The van der Waals surface area contributed by atoms with E-state index in [4.69, 9.17) is 4.98 Å². The van der Waals surface area contributed by atoms with E-state index in [1.54, 1.807) is 12.4 Å². The smallest absolute Gasteiger partial charge is 0.224 e. The SMILES string of the molecule is CCN1CCN(C(=O)CCNc2c(-c3ccc(C)cc3)nc3cnccn23)CC1. The van der Waals surface area contributed by atoms with Gasteiger partial charge in [-0.15, -0.1) is 0 Å². The molecule has 1 aliphatic rings. The number of imidazole rings is 1. The zero-order valence-electron chi connectivity index (χ0n) is 17.1. The summed E-state index contributed by atoms with van der Waals surface area (Å²) in [5.41, 5.74) is 3.92. The van der Waals surface area contributed by atoms with Crippen molar-refractivity contribution in [2.75, 3.05) is 44.6 Å². The molecule has 0 aliphatic carbocycles. The predicted molar refractivity (Wildman–Crippen MR) is 115 cm³/mol. The van der Waals surface area contributed by atoms with Gasteiger partial charge in [-0.3, -0.25) is 14.2 Å². The Kier molecular flexibility index (Phi) is 5.76. The quantitative estimate of drug-likeness (QED) is 0.699. The highest BCUT2D eigenvalue weighted by molar-refractivity contribution is 5.79. The van der Waals surface area contributed by atoms with Gasteiger partial charge in [0.2, 0.25) is 5.91 Å². The van der Waals surface area contributed by atoms with Crippen molar-refractivity contribution in [3.05, 3.63) is 48.4 Å². The number of aryl methyl sites for hydroxylation is 1. The number of rotatable bonds is 6. The Morgan fingerprint density at radius 2 is 1.90 bits per heavy atom. The first-order valence-corrected chi connectivity index (χ1v) is 10.3. The molecular weight excluding hydrogens is 364 g/mol. The van der Waals surface area contributed by atoms with Crippen LogP contribution >= 0.6 is 0 Å². The van der Waals surface area contributed by atoms with Crippen LogP contribution in [0.3, 0.4) is 0 Å². The van der Waals surface area contributed by atoms with E-state index in [0.717, 1.165) is 55.4 Å². The summed E-state index contributed by atoms with van der Waals surface area (Å²) in [6.07, 6.45) is 5.87. The number of fused-ring (bicyclic) bond motifs is 1. The molecule has 7 heteroatoms. The molecule has 0 bridgehead atoms. The number of carbonyl (C=O) groups excluding carboxylic acids is 1. The number of carbonyl (C=O) groups is 1. The number of hydrogen-bond donors (Lipinski definition) is 1. The second-order valence-corrected chi connectivity index (χ2v) is 7.47. The molecule has 0 unspecified atom stereocenters. The monoisotopic (exact) mass is 392 g/mol. The summed E-state index contributed by atoms with van der Waals surface area (Å²) >= 11 is 0. The lowest BCUT2D eigenvalue weighted by Crippen LogP contribution is -2.48. The molecule has 0 spiro atoms. The van der Waals surface area contributed by atoms with E-state index in [1.165, 1.54) is 5.56 Å². The molecule has 0 atom stereocenters. The summed E-state index contributed by atoms with van der Waals surface area (Å²) in [5.74, 6) is 1.11. The van der Waals surface area contributed by atoms with Gasteiger partial charge in [-0.05, 0) is 13.5 Å². The van der Waals surface area contributed by atoms with Crippen molar-refractivity contribution in [1.82, 2.24) is 24.2 Å². The molecule has 3 aromatic rings. The summed E-state index contributed by atoms with van der Waals surface area (Å²) in [6.45, 7) is 9.43. The second-order valence-electron chi connectivity index (χ2n) is 7.47. The van der Waals surface area contributed by atoms with Gasteiger partial charge in [0.1, 0.15) is 11.5 Å². The van der Waals surface area contributed by atoms with E-state index in [0.29, 0.717) is 13.0 Å². The molecule has 1 fully saturated rings. The zero-order valence-corrected chi connectivity index (χ0v) is 17.1. The average molecular weight is 393 g/mol. The van der Waals surface area contributed by atoms with Crippen LogP contribution in [0.1, 0.15) is 18.9 Å². The fraction of sp³-hybridized carbons (Fsp3) is 0.409. The van der Waals surface area contributed by atoms with E-state index >= 15 is 0 Å². The van der Waals surface area contributed by atoms with Crippen LogP contribution in [0.25, 0.3) is 16.9 Å². The van der Waals surface area contributed by atoms with E-state index in [9.17, 15) is 4.79 Å². The van der Waals surface area contributed by atoms with Crippen LogP contribution in [0.5, 0.6) is 0 Å². The highest BCUT2D eigenvalue weighted by atomic mass is 16.2. The van der Waals surface area contributed by atoms with Crippen LogP contribution < -0.4 is 5.32 Å². The van der Waals surface area contributed by atoms with Gasteiger partial charge in [0.05, 0.1) is 6.20 Å². The minimum atomic E-state index is 0.209. The third kappa shape index (κ3) is 4.24. The van der Waals surface area contributed by atoms with Gasteiger partial charge in [-0.1, -0.05) is 36.8 Å². The van der Waals surface area contributed by atoms with Crippen molar-refractivity contribution in [3.63, 3.8) is 0 Å². The van der Waals surface area contributed by atoms with Crippen molar-refractivity contribution < 1.29 is 4.79 Å². The Bertz CT molecular complexity index is 973. The summed E-state index contributed by atoms with van der Waals surface area (Å²) in [6, 6.07) is 8.32. The van der Waals surface area contributed by atoms with Crippen molar-refractivity contribution in [1.29, 1.82) is 0 Å². The van der Waals surface area contributed by atoms with Gasteiger partial charge in [0, 0.05) is 57.1 Å². The molecule has 1 saturated heterocycles. The Morgan fingerprint density at radius 1 is 1.14 bits per heavy atom. The van der Waals surface area contributed by atoms with E-state index in [2.05, 4.69) is 53.3 Å². The normalized spacial score (nSPS) is 15.0. The fourth-order valence-corrected chi connectivity index (χ4v) is 3.75. The number of anilines is 1. The van der Waals surface area contributed by atoms with Crippen molar-refractivity contribution in [2.24, 2.45) is 0 Å². The number of likely N-dealkylation sites (N-methyl/N-ethyl adjacent to an activating group) is 1. The van der Waals surface area contributed by atoms with Crippen molar-refractivity contribution >= 4 is 17.4 Å². The Hall–Kier alpha value is -2.93.